The number of phenolic OH excluding ortho intramolecular Hbond substituents is 1. The molecule has 0 spiro atoms. The summed E-state index contributed by atoms with van der Waals surface area (Å²) in [6.45, 7) is 0.280. The molecule has 12 heteroatoms. The highest BCUT2D eigenvalue weighted by atomic mass is 16.4. The Kier molecular flexibility index (Phi) is 15.5. The Morgan fingerprint density at radius 2 is 1.31 bits per heavy atom. The fraction of sp³-hybridized carbons (Fsp3) is 0.529. The first-order valence-electron chi connectivity index (χ1n) is 8.37. The molecule has 0 fully saturated rings. The number of benzene rings is 1. The first-order chi connectivity index (χ1) is 13.4. The van der Waals surface area contributed by atoms with Gasteiger partial charge in [0, 0.05) is 0 Å². The lowest BCUT2D eigenvalue weighted by atomic mass is 10.1. The zero-order chi connectivity index (χ0) is 23.1. The molecule has 0 amide bonds. The highest BCUT2D eigenvalue weighted by Gasteiger charge is 2.16. The molecule has 0 saturated carbocycles. The third-order valence-corrected chi connectivity index (χ3v) is 3.33. The van der Waals surface area contributed by atoms with Crippen LogP contribution in [-0.4, -0.2) is 96.4 Å². The first-order valence-corrected chi connectivity index (χ1v) is 8.37. The van der Waals surface area contributed by atoms with Crippen molar-refractivity contribution in [3.8, 4) is 5.75 Å². The summed E-state index contributed by atoms with van der Waals surface area (Å²) in [5.74, 6) is -2.04. The van der Waals surface area contributed by atoms with Crippen LogP contribution in [0.2, 0.25) is 0 Å². The largest absolute Gasteiger partial charge is 0.508 e. The van der Waals surface area contributed by atoms with Gasteiger partial charge in [-0.15, -0.1) is 0 Å². The Bertz CT molecular complexity index is 574. The van der Waals surface area contributed by atoms with E-state index in [0.717, 1.165) is 5.56 Å². The van der Waals surface area contributed by atoms with E-state index in [9.17, 15) is 9.59 Å². The van der Waals surface area contributed by atoms with Gasteiger partial charge in [-0.1, -0.05) is 12.1 Å². The molecule has 1 aromatic carbocycles. The molecule has 0 unspecified atom stereocenters. The lowest BCUT2D eigenvalue weighted by Gasteiger charge is -2.10. The van der Waals surface area contributed by atoms with Gasteiger partial charge in [0.15, 0.2) is 0 Å². The van der Waals surface area contributed by atoms with Gasteiger partial charge in [-0.05, 0) is 31.0 Å². The van der Waals surface area contributed by atoms with Gasteiger partial charge in [-0.2, -0.15) is 0 Å². The number of nitrogens with two attached hydrogens (primary N) is 2. The van der Waals surface area contributed by atoms with E-state index in [1.165, 1.54) is 19.1 Å². The number of hydrogen-bond donors (Lipinski definition) is 10. The molecule has 0 bridgehead atoms. The molecule has 12 N–H and O–H groups in total. The Labute approximate surface area is 167 Å². The van der Waals surface area contributed by atoms with Crippen molar-refractivity contribution in [2.45, 2.75) is 43.7 Å². The third-order valence-electron chi connectivity index (χ3n) is 3.33. The molecule has 0 aliphatic carbocycles. The van der Waals surface area contributed by atoms with Crippen molar-refractivity contribution in [2.24, 2.45) is 11.5 Å². The SMILES string of the molecule is C[C@@H](O)[C@H](N)C(=O)O.N[C@@H](Cc1ccc(O)cc1)C(=O)O.OC[C@@H](O)[C@@H](O)CO. The van der Waals surface area contributed by atoms with E-state index in [0.29, 0.717) is 0 Å². The van der Waals surface area contributed by atoms with Crippen LogP contribution in [0, 0.1) is 0 Å². The molecule has 12 nitrogen and oxygen atoms in total. The van der Waals surface area contributed by atoms with Gasteiger partial charge < -0.3 is 52.3 Å². The minimum absolute atomic E-state index is 0.160. The number of aliphatic carboxylic acids is 2. The van der Waals surface area contributed by atoms with Crippen molar-refractivity contribution in [1.82, 2.24) is 0 Å². The van der Waals surface area contributed by atoms with Crippen molar-refractivity contribution in [1.29, 1.82) is 0 Å². The fourth-order valence-electron chi connectivity index (χ4n) is 1.42. The van der Waals surface area contributed by atoms with E-state index in [2.05, 4.69) is 0 Å². The summed E-state index contributed by atoms with van der Waals surface area (Å²) in [7, 11) is 0. The predicted molar refractivity (Wildman–Crippen MR) is 101 cm³/mol. The molecule has 168 valence electrons. The second kappa shape index (κ2) is 15.6. The van der Waals surface area contributed by atoms with Crippen LogP contribution in [0.25, 0.3) is 0 Å². The van der Waals surface area contributed by atoms with Crippen molar-refractivity contribution in [3.63, 3.8) is 0 Å². The van der Waals surface area contributed by atoms with Crippen LogP contribution < -0.4 is 11.5 Å². The van der Waals surface area contributed by atoms with Crippen LogP contribution in [0.3, 0.4) is 0 Å². The van der Waals surface area contributed by atoms with Crippen molar-refractivity contribution < 1.29 is 50.4 Å². The van der Waals surface area contributed by atoms with Crippen molar-refractivity contribution >= 4 is 11.9 Å². The molecule has 0 aliphatic rings. The fourth-order valence-corrected chi connectivity index (χ4v) is 1.42. The predicted octanol–water partition coefficient (Wildman–Crippen LogP) is -3.18. The highest BCUT2D eigenvalue weighted by Crippen LogP contribution is 2.10. The molecule has 0 saturated heterocycles. The molecule has 0 heterocycles. The maximum absolute atomic E-state index is 10.4. The number of aliphatic hydroxyl groups is 5. The van der Waals surface area contributed by atoms with Gasteiger partial charge in [0.25, 0.3) is 0 Å². The topological polar surface area (TPSA) is 248 Å². The molecule has 29 heavy (non-hydrogen) atoms. The standard InChI is InChI=1S/C9H11NO3.C4H9NO3.C4H10O4/c10-8(9(12)13)5-6-1-3-7(11)4-2-6;1-2(6)3(5)4(7)8;5-1-3(7)4(8)2-6/h1-4,8,11H,5,10H2,(H,12,13);2-3,6H,5H2,1H3,(H,7,8);3-8H,1-2H2/t8-;2-,3+;3-,4+/m01./s1. The maximum Gasteiger partial charge on any atom is 0.323 e. The van der Waals surface area contributed by atoms with Crippen LogP contribution in [0.5, 0.6) is 5.75 Å². The average molecular weight is 422 g/mol. The Hall–Kier alpha value is -2.32. The normalized spacial score (nSPS) is 15.3. The summed E-state index contributed by atoms with van der Waals surface area (Å²) in [6, 6.07) is 4.27. The van der Waals surface area contributed by atoms with Gasteiger partial charge in [-0.25, -0.2) is 0 Å². The third kappa shape index (κ3) is 14.3. The number of hydrogen-bond acceptors (Lipinski definition) is 10. The number of phenols is 1. The van der Waals surface area contributed by atoms with E-state index < -0.39 is 55.5 Å². The number of carboxylic acids is 2. The summed E-state index contributed by atoms with van der Waals surface area (Å²) in [5.41, 5.74) is 11.0. The minimum Gasteiger partial charge on any atom is -0.508 e. The van der Waals surface area contributed by atoms with E-state index in [1.54, 1.807) is 12.1 Å². The van der Waals surface area contributed by atoms with E-state index in [4.69, 9.17) is 52.3 Å². The van der Waals surface area contributed by atoms with Crippen molar-refractivity contribution in [2.75, 3.05) is 13.2 Å². The monoisotopic (exact) mass is 422 g/mol. The highest BCUT2D eigenvalue weighted by molar-refractivity contribution is 5.74. The quantitative estimate of drug-likeness (QED) is 0.199. The number of aromatic hydroxyl groups is 1. The van der Waals surface area contributed by atoms with E-state index >= 15 is 0 Å². The summed E-state index contributed by atoms with van der Waals surface area (Å²) < 4.78 is 0. The average Bonchev–Trinajstić information content (AvgIpc) is 2.68. The number of carboxylic acid groups (broad SMARTS) is 2. The molecule has 0 aromatic heterocycles. The molecule has 0 radical (unpaired) electrons. The smallest absolute Gasteiger partial charge is 0.323 e. The second-order valence-electron chi connectivity index (χ2n) is 5.92. The molecule has 0 aliphatic heterocycles. The van der Waals surface area contributed by atoms with Gasteiger partial charge in [0.2, 0.25) is 0 Å². The number of carbonyl (C=O) groups is 2. The number of rotatable bonds is 8. The van der Waals surface area contributed by atoms with Crippen LogP contribution >= 0.6 is 0 Å². The van der Waals surface area contributed by atoms with Gasteiger partial charge in [0.05, 0.1) is 19.3 Å². The number of aliphatic hydroxyl groups excluding tert-OH is 5. The summed E-state index contributed by atoms with van der Waals surface area (Å²) in [6.07, 6.45) is -3.15. The van der Waals surface area contributed by atoms with E-state index in [-0.39, 0.29) is 12.2 Å². The molecular formula is C17H30N2O10. The Morgan fingerprint density at radius 1 is 0.897 bits per heavy atom. The summed E-state index contributed by atoms with van der Waals surface area (Å²) >= 11 is 0. The van der Waals surface area contributed by atoms with Crippen LogP contribution in [0.15, 0.2) is 24.3 Å². The van der Waals surface area contributed by atoms with E-state index in [1.807, 2.05) is 0 Å². The zero-order valence-electron chi connectivity index (χ0n) is 15.9. The summed E-state index contributed by atoms with van der Waals surface area (Å²) in [5, 5.41) is 67.2. The minimum atomic E-state index is -1.22. The van der Waals surface area contributed by atoms with Gasteiger partial charge in [0.1, 0.15) is 30.0 Å². The van der Waals surface area contributed by atoms with Crippen LogP contribution in [0.1, 0.15) is 12.5 Å². The van der Waals surface area contributed by atoms with Crippen LogP contribution in [-0.2, 0) is 16.0 Å². The molecule has 5 atom stereocenters. The van der Waals surface area contributed by atoms with Crippen molar-refractivity contribution in [3.05, 3.63) is 29.8 Å². The van der Waals surface area contributed by atoms with Crippen LogP contribution in [0.4, 0.5) is 0 Å². The first kappa shape index (κ1) is 28.9. The molecule has 1 aromatic rings. The molecule has 1 rings (SSSR count). The maximum atomic E-state index is 10.4. The van der Waals surface area contributed by atoms with Gasteiger partial charge >= 0.3 is 11.9 Å². The lowest BCUT2D eigenvalue weighted by molar-refractivity contribution is -0.141. The summed E-state index contributed by atoms with van der Waals surface area (Å²) in [4.78, 5) is 20.3. The zero-order valence-corrected chi connectivity index (χ0v) is 15.9. The Morgan fingerprint density at radius 3 is 1.55 bits per heavy atom. The second-order valence-corrected chi connectivity index (χ2v) is 5.92. The van der Waals surface area contributed by atoms with Gasteiger partial charge in [-0.3, -0.25) is 9.59 Å². The Balaban J connectivity index is 0. The lowest BCUT2D eigenvalue weighted by Crippen LogP contribution is -2.39. The molecular weight excluding hydrogens is 392 g/mol.